The first-order chi connectivity index (χ1) is 11.6. The molecular formula is C18H26FN3O3. The second-order valence-electron chi connectivity index (χ2n) is 7.39. The summed E-state index contributed by atoms with van der Waals surface area (Å²) in [6.45, 7) is 8.80. The number of amides is 2. The molecule has 0 fully saturated rings. The van der Waals surface area contributed by atoms with Crippen LogP contribution in [0.1, 0.15) is 46.6 Å². The maximum absolute atomic E-state index is 14.0. The molecule has 0 radical (unpaired) electrons. The average Bonchev–Trinajstić information content (AvgIpc) is 2.47. The monoisotopic (exact) mass is 351 g/mol. The van der Waals surface area contributed by atoms with Crippen molar-refractivity contribution in [1.82, 2.24) is 5.32 Å². The van der Waals surface area contributed by atoms with Crippen LogP contribution >= 0.6 is 0 Å². The molecular weight excluding hydrogens is 325 g/mol. The first-order valence-electron chi connectivity index (χ1n) is 8.45. The van der Waals surface area contributed by atoms with Gasteiger partial charge in [0.2, 0.25) is 5.91 Å². The van der Waals surface area contributed by atoms with E-state index in [0.29, 0.717) is 23.4 Å². The molecule has 1 aromatic rings. The van der Waals surface area contributed by atoms with E-state index in [1.807, 2.05) is 6.92 Å². The molecule has 1 aromatic carbocycles. The molecule has 2 rings (SSSR count). The second kappa shape index (κ2) is 7.29. The first kappa shape index (κ1) is 19.0. The van der Waals surface area contributed by atoms with Gasteiger partial charge in [0.1, 0.15) is 17.5 Å². The van der Waals surface area contributed by atoms with Crippen molar-refractivity contribution in [1.29, 1.82) is 0 Å². The van der Waals surface area contributed by atoms with Gasteiger partial charge < -0.3 is 20.7 Å². The maximum Gasteiger partial charge on any atom is 0.408 e. The number of carbonyl (C=O) groups is 2. The normalized spacial score (nSPS) is 17.8. The number of nitrogens with one attached hydrogen (secondary N) is 3. The van der Waals surface area contributed by atoms with Gasteiger partial charge in [0.25, 0.3) is 0 Å². The molecule has 1 heterocycles. The number of alkyl carbamates (subject to hydrolysis) is 1. The molecule has 1 aliphatic heterocycles. The number of hydrogen-bond donors (Lipinski definition) is 3. The number of benzene rings is 1. The highest BCUT2D eigenvalue weighted by Crippen LogP contribution is 2.34. The Kier molecular flexibility index (Phi) is 5.55. The number of fused-ring (bicyclic) bond motifs is 1. The third kappa shape index (κ3) is 5.08. The summed E-state index contributed by atoms with van der Waals surface area (Å²) in [6, 6.07) is 2.27. The summed E-state index contributed by atoms with van der Waals surface area (Å²) < 4.78 is 19.1. The molecule has 1 aliphatic rings. The number of carbonyl (C=O) groups excluding carboxylic acids is 2. The molecule has 3 N–H and O–H groups in total. The van der Waals surface area contributed by atoms with Gasteiger partial charge in [-0.1, -0.05) is 0 Å². The summed E-state index contributed by atoms with van der Waals surface area (Å²) in [7, 11) is 0. The molecule has 0 bridgehead atoms. The largest absolute Gasteiger partial charge is 0.444 e. The van der Waals surface area contributed by atoms with Crippen LogP contribution in [0.15, 0.2) is 12.1 Å². The number of ether oxygens (including phenoxy) is 1. The van der Waals surface area contributed by atoms with E-state index in [2.05, 4.69) is 16.0 Å². The second-order valence-corrected chi connectivity index (χ2v) is 7.39. The summed E-state index contributed by atoms with van der Waals surface area (Å²) in [5, 5.41) is 8.46. The Morgan fingerprint density at radius 2 is 2.04 bits per heavy atom. The van der Waals surface area contributed by atoms with Crippen molar-refractivity contribution in [2.75, 3.05) is 10.6 Å². The third-order valence-corrected chi connectivity index (χ3v) is 3.86. The van der Waals surface area contributed by atoms with E-state index in [-0.39, 0.29) is 11.9 Å². The van der Waals surface area contributed by atoms with Crippen molar-refractivity contribution in [3.8, 4) is 0 Å². The highest BCUT2D eigenvalue weighted by Gasteiger charge is 2.24. The maximum atomic E-state index is 14.0. The predicted octanol–water partition coefficient (Wildman–Crippen LogP) is 3.42. The van der Waals surface area contributed by atoms with Crippen LogP contribution in [0.4, 0.5) is 20.6 Å². The lowest BCUT2D eigenvalue weighted by Crippen LogP contribution is -2.44. The van der Waals surface area contributed by atoms with Gasteiger partial charge in [0.15, 0.2) is 0 Å². The smallest absolute Gasteiger partial charge is 0.408 e. The topological polar surface area (TPSA) is 79.5 Å². The minimum atomic E-state index is -0.795. The van der Waals surface area contributed by atoms with E-state index in [4.69, 9.17) is 4.74 Å². The molecule has 0 aliphatic carbocycles. The zero-order valence-electron chi connectivity index (χ0n) is 15.3. The molecule has 138 valence electrons. The van der Waals surface area contributed by atoms with Crippen molar-refractivity contribution in [3.05, 3.63) is 23.5 Å². The Balaban J connectivity index is 2.07. The fourth-order valence-electron chi connectivity index (χ4n) is 2.61. The van der Waals surface area contributed by atoms with Crippen molar-refractivity contribution >= 4 is 23.4 Å². The van der Waals surface area contributed by atoms with Gasteiger partial charge in [-0.15, -0.1) is 0 Å². The molecule has 7 heteroatoms. The Labute approximate surface area is 147 Å². The Hall–Kier alpha value is -2.31. The van der Waals surface area contributed by atoms with Crippen LogP contribution in [0.3, 0.4) is 0 Å². The van der Waals surface area contributed by atoms with Crippen molar-refractivity contribution in [2.24, 2.45) is 0 Å². The summed E-state index contributed by atoms with van der Waals surface area (Å²) in [5.74, 6) is -0.688. The van der Waals surface area contributed by atoms with Crippen LogP contribution < -0.4 is 16.0 Å². The average molecular weight is 351 g/mol. The van der Waals surface area contributed by atoms with Gasteiger partial charge in [0, 0.05) is 11.6 Å². The molecule has 0 aromatic heterocycles. The van der Waals surface area contributed by atoms with E-state index in [0.717, 1.165) is 6.42 Å². The van der Waals surface area contributed by atoms with E-state index in [1.165, 1.54) is 12.1 Å². The van der Waals surface area contributed by atoms with Gasteiger partial charge in [-0.3, -0.25) is 4.79 Å². The molecule has 0 saturated carbocycles. The van der Waals surface area contributed by atoms with Gasteiger partial charge >= 0.3 is 6.09 Å². The summed E-state index contributed by atoms with van der Waals surface area (Å²) >= 11 is 0. The van der Waals surface area contributed by atoms with E-state index < -0.39 is 23.6 Å². The zero-order chi connectivity index (χ0) is 18.8. The molecule has 1 unspecified atom stereocenters. The molecule has 0 spiro atoms. The predicted molar refractivity (Wildman–Crippen MR) is 95.3 cm³/mol. The van der Waals surface area contributed by atoms with Crippen molar-refractivity contribution in [3.63, 3.8) is 0 Å². The van der Waals surface area contributed by atoms with E-state index >= 15 is 0 Å². The van der Waals surface area contributed by atoms with Crippen LogP contribution in [-0.4, -0.2) is 29.7 Å². The van der Waals surface area contributed by atoms with Crippen molar-refractivity contribution in [2.45, 2.75) is 65.1 Å². The number of anilines is 2. The summed E-state index contributed by atoms with van der Waals surface area (Å²) in [4.78, 5) is 24.1. The SMILES string of the molecule is CC1CCc2c(F)ccc(NC(=O)[C@H](C)NC(=O)OC(C)(C)C)c2N1. The van der Waals surface area contributed by atoms with E-state index in [9.17, 15) is 14.0 Å². The minimum absolute atomic E-state index is 0.197. The standard InChI is InChI=1S/C18H26FN3O3/c1-10-6-7-12-13(19)8-9-14(15(12)20-10)22-16(23)11(2)21-17(24)25-18(3,4)5/h8-11,20H,6-7H2,1-5H3,(H,21,24)(H,22,23)/t10?,11-/m0/s1. The van der Waals surface area contributed by atoms with Gasteiger partial charge in [-0.2, -0.15) is 0 Å². The summed E-state index contributed by atoms with van der Waals surface area (Å²) in [5.41, 5.74) is 1.04. The number of hydrogen-bond acceptors (Lipinski definition) is 4. The molecule has 25 heavy (non-hydrogen) atoms. The third-order valence-electron chi connectivity index (χ3n) is 3.86. The minimum Gasteiger partial charge on any atom is -0.444 e. The Bertz CT molecular complexity index is 670. The van der Waals surface area contributed by atoms with Crippen molar-refractivity contribution < 1.29 is 18.7 Å². The van der Waals surface area contributed by atoms with Gasteiger partial charge in [-0.05, 0) is 59.6 Å². The fourth-order valence-corrected chi connectivity index (χ4v) is 2.61. The number of halogens is 1. The Morgan fingerprint density at radius 3 is 2.68 bits per heavy atom. The fraction of sp³-hybridized carbons (Fsp3) is 0.556. The lowest BCUT2D eigenvalue weighted by Gasteiger charge is -2.27. The quantitative estimate of drug-likeness (QED) is 0.779. The number of rotatable bonds is 3. The van der Waals surface area contributed by atoms with Crippen LogP contribution in [0, 0.1) is 5.82 Å². The van der Waals surface area contributed by atoms with Gasteiger partial charge in [0.05, 0.1) is 11.4 Å². The Morgan fingerprint density at radius 1 is 1.36 bits per heavy atom. The molecule has 6 nitrogen and oxygen atoms in total. The van der Waals surface area contributed by atoms with Crippen LogP contribution in [0.25, 0.3) is 0 Å². The molecule has 2 amide bonds. The zero-order valence-corrected chi connectivity index (χ0v) is 15.3. The van der Waals surface area contributed by atoms with Gasteiger partial charge in [-0.25, -0.2) is 9.18 Å². The highest BCUT2D eigenvalue weighted by molar-refractivity contribution is 5.99. The lowest BCUT2D eigenvalue weighted by molar-refractivity contribution is -0.117. The van der Waals surface area contributed by atoms with Crippen LogP contribution in [-0.2, 0) is 16.0 Å². The lowest BCUT2D eigenvalue weighted by atomic mass is 9.97. The van der Waals surface area contributed by atoms with Crippen LogP contribution in [0.2, 0.25) is 0 Å². The highest BCUT2D eigenvalue weighted by atomic mass is 19.1. The summed E-state index contributed by atoms with van der Waals surface area (Å²) in [6.07, 6.45) is 0.783. The van der Waals surface area contributed by atoms with E-state index in [1.54, 1.807) is 27.7 Å². The van der Waals surface area contributed by atoms with Crippen LogP contribution in [0.5, 0.6) is 0 Å². The molecule has 0 saturated heterocycles. The first-order valence-corrected chi connectivity index (χ1v) is 8.45. The molecule has 2 atom stereocenters.